The van der Waals surface area contributed by atoms with Crippen molar-refractivity contribution in [1.29, 1.82) is 0 Å². The fraction of sp³-hybridized carbons (Fsp3) is 0.263. The third-order valence-corrected chi connectivity index (χ3v) is 3.34. The van der Waals surface area contributed by atoms with Gasteiger partial charge in [-0.1, -0.05) is 17.7 Å². The molecule has 0 radical (unpaired) electrons. The Labute approximate surface area is 142 Å². The fourth-order valence-corrected chi connectivity index (χ4v) is 2.10. The third-order valence-electron chi connectivity index (χ3n) is 3.34. The molecule has 0 unspecified atom stereocenters. The van der Waals surface area contributed by atoms with Crippen LogP contribution < -0.4 is 10.1 Å². The van der Waals surface area contributed by atoms with Crippen LogP contribution in [-0.4, -0.2) is 43.8 Å². The van der Waals surface area contributed by atoms with Crippen molar-refractivity contribution in [2.75, 3.05) is 32.6 Å². The topological polar surface area (TPSA) is 58.6 Å². The maximum Gasteiger partial charge on any atom is 0.262 e. The number of carbonyl (C=O) groups is 2. The summed E-state index contributed by atoms with van der Waals surface area (Å²) in [6, 6.07) is 14.4. The molecule has 5 heteroatoms. The average molecular weight is 326 g/mol. The number of nitrogens with zero attached hydrogens (tertiary/aromatic N) is 1. The van der Waals surface area contributed by atoms with Gasteiger partial charge in [0.15, 0.2) is 12.4 Å². The zero-order valence-electron chi connectivity index (χ0n) is 14.2. The minimum Gasteiger partial charge on any atom is -0.484 e. The minimum absolute atomic E-state index is 0.0422. The summed E-state index contributed by atoms with van der Waals surface area (Å²) in [5.41, 5.74) is 2.39. The summed E-state index contributed by atoms with van der Waals surface area (Å²) in [6.07, 6.45) is 0. The van der Waals surface area contributed by atoms with E-state index in [0.717, 1.165) is 5.56 Å². The number of nitrogens with one attached hydrogen (secondary N) is 1. The van der Waals surface area contributed by atoms with E-state index in [-0.39, 0.29) is 18.3 Å². The van der Waals surface area contributed by atoms with Crippen LogP contribution in [0.15, 0.2) is 48.5 Å². The zero-order valence-corrected chi connectivity index (χ0v) is 14.2. The van der Waals surface area contributed by atoms with Gasteiger partial charge in [0, 0.05) is 11.3 Å². The van der Waals surface area contributed by atoms with Gasteiger partial charge in [-0.2, -0.15) is 0 Å². The van der Waals surface area contributed by atoms with Crippen molar-refractivity contribution in [2.45, 2.75) is 6.92 Å². The van der Waals surface area contributed by atoms with E-state index in [0.29, 0.717) is 23.5 Å². The molecule has 0 aliphatic carbocycles. The molecule has 0 aliphatic heterocycles. The largest absolute Gasteiger partial charge is 0.484 e. The monoisotopic (exact) mass is 326 g/mol. The SMILES string of the molecule is Cc1ccc(OCC(=O)Nc2ccc(C(=O)CN(C)C)cc2)cc1. The molecular formula is C19H22N2O3. The summed E-state index contributed by atoms with van der Waals surface area (Å²) in [5.74, 6) is 0.448. The Balaban J connectivity index is 1.85. The van der Waals surface area contributed by atoms with Crippen LogP contribution in [-0.2, 0) is 4.79 Å². The quantitative estimate of drug-likeness (QED) is 0.795. The minimum atomic E-state index is -0.247. The van der Waals surface area contributed by atoms with Crippen LogP contribution in [0.2, 0.25) is 0 Å². The molecule has 0 aromatic heterocycles. The molecule has 0 fully saturated rings. The van der Waals surface area contributed by atoms with E-state index in [4.69, 9.17) is 4.74 Å². The van der Waals surface area contributed by atoms with E-state index in [1.165, 1.54) is 0 Å². The molecule has 2 aromatic carbocycles. The van der Waals surface area contributed by atoms with Crippen molar-refractivity contribution in [3.8, 4) is 5.75 Å². The fourth-order valence-electron chi connectivity index (χ4n) is 2.10. The van der Waals surface area contributed by atoms with Crippen LogP contribution in [0.25, 0.3) is 0 Å². The van der Waals surface area contributed by atoms with Crippen LogP contribution in [0.5, 0.6) is 5.75 Å². The van der Waals surface area contributed by atoms with Gasteiger partial charge < -0.3 is 15.0 Å². The molecule has 2 aromatic rings. The second kappa shape index (κ2) is 8.26. The summed E-state index contributed by atoms with van der Waals surface area (Å²) >= 11 is 0. The standard InChI is InChI=1S/C19H22N2O3/c1-14-4-10-17(11-5-14)24-13-19(23)20-16-8-6-15(7-9-16)18(22)12-21(2)3/h4-11H,12-13H2,1-3H3,(H,20,23). The lowest BCUT2D eigenvalue weighted by Crippen LogP contribution is -2.22. The number of likely N-dealkylation sites (N-methyl/N-ethyl adjacent to an activating group) is 1. The van der Waals surface area contributed by atoms with Crippen molar-refractivity contribution < 1.29 is 14.3 Å². The van der Waals surface area contributed by atoms with Crippen LogP contribution in [0.1, 0.15) is 15.9 Å². The van der Waals surface area contributed by atoms with E-state index in [1.807, 2.05) is 50.2 Å². The number of aryl methyl sites for hydroxylation is 1. The first kappa shape index (κ1) is 17.7. The number of anilines is 1. The molecule has 0 saturated carbocycles. The van der Waals surface area contributed by atoms with E-state index in [1.54, 1.807) is 24.3 Å². The first-order valence-corrected chi connectivity index (χ1v) is 7.71. The highest BCUT2D eigenvalue weighted by molar-refractivity contribution is 5.98. The second-order valence-electron chi connectivity index (χ2n) is 5.89. The maximum atomic E-state index is 11.9. The van der Waals surface area contributed by atoms with Crippen LogP contribution in [0.4, 0.5) is 5.69 Å². The molecule has 0 saturated heterocycles. The van der Waals surface area contributed by atoms with E-state index >= 15 is 0 Å². The Morgan fingerprint density at radius 1 is 1.00 bits per heavy atom. The lowest BCUT2D eigenvalue weighted by molar-refractivity contribution is -0.118. The highest BCUT2D eigenvalue weighted by Crippen LogP contribution is 2.13. The molecule has 0 aliphatic rings. The van der Waals surface area contributed by atoms with Crippen molar-refractivity contribution >= 4 is 17.4 Å². The molecule has 5 nitrogen and oxygen atoms in total. The van der Waals surface area contributed by atoms with Crippen LogP contribution in [0, 0.1) is 6.92 Å². The normalized spacial score (nSPS) is 10.5. The van der Waals surface area contributed by atoms with Crippen molar-refractivity contribution in [1.82, 2.24) is 4.90 Å². The van der Waals surface area contributed by atoms with Gasteiger partial charge in [-0.15, -0.1) is 0 Å². The molecule has 0 bridgehead atoms. The summed E-state index contributed by atoms with van der Waals surface area (Å²) in [5, 5.41) is 2.74. The first-order valence-electron chi connectivity index (χ1n) is 7.71. The number of rotatable bonds is 7. The maximum absolute atomic E-state index is 11.9. The van der Waals surface area contributed by atoms with E-state index in [9.17, 15) is 9.59 Å². The van der Waals surface area contributed by atoms with Gasteiger partial charge in [0.25, 0.3) is 5.91 Å². The zero-order chi connectivity index (χ0) is 17.5. The summed E-state index contributed by atoms with van der Waals surface area (Å²) in [6.45, 7) is 2.28. The lowest BCUT2D eigenvalue weighted by Gasteiger charge is -2.10. The predicted molar refractivity (Wildman–Crippen MR) is 94.6 cm³/mol. The number of hydrogen-bond donors (Lipinski definition) is 1. The average Bonchev–Trinajstić information content (AvgIpc) is 2.54. The highest BCUT2D eigenvalue weighted by Gasteiger charge is 2.08. The van der Waals surface area contributed by atoms with Gasteiger partial charge in [-0.3, -0.25) is 9.59 Å². The van der Waals surface area contributed by atoms with E-state index < -0.39 is 0 Å². The Morgan fingerprint density at radius 3 is 2.21 bits per heavy atom. The van der Waals surface area contributed by atoms with Gasteiger partial charge in [0.1, 0.15) is 5.75 Å². The number of carbonyl (C=O) groups excluding carboxylic acids is 2. The van der Waals surface area contributed by atoms with E-state index in [2.05, 4.69) is 5.32 Å². The summed E-state index contributed by atoms with van der Waals surface area (Å²) < 4.78 is 5.43. The molecule has 0 heterocycles. The number of hydrogen-bond acceptors (Lipinski definition) is 4. The lowest BCUT2D eigenvalue weighted by atomic mass is 10.1. The van der Waals surface area contributed by atoms with Crippen LogP contribution in [0.3, 0.4) is 0 Å². The van der Waals surface area contributed by atoms with Crippen molar-refractivity contribution in [2.24, 2.45) is 0 Å². The molecular weight excluding hydrogens is 304 g/mol. The first-order chi connectivity index (χ1) is 11.4. The van der Waals surface area contributed by atoms with Gasteiger partial charge in [-0.25, -0.2) is 0 Å². The van der Waals surface area contributed by atoms with Crippen molar-refractivity contribution in [3.63, 3.8) is 0 Å². The predicted octanol–water partition coefficient (Wildman–Crippen LogP) is 2.76. The smallest absolute Gasteiger partial charge is 0.262 e. The number of ether oxygens (including phenoxy) is 1. The molecule has 1 amide bonds. The molecule has 126 valence electrons. The number of benzene rings is 2. The number of ketones is 1. The van der Waals surface area contributed by atoms with Gasteiger partial charge in [0.05, 0.1) is 6.54 Å². The molecule has 24 heavy (non-hydrogen) atoms. The van der Waals surface area contributed by atoms with Gasteiger partial charge >= 0.3 is 0 Å². The second-order valence-corrected chi connectivity index (χ2v) is 5.89. The molecule has 0 spiro atoms. The molecule has 1 N–H and O–H groups in total. The highest BCUT2D eigenvalue weighted by atomic mass is 16.5. The third kappa shape index (κ3) is 5.52. The van der Waals surface area contributed by atoms with Gasteiger partial charge in [0.2, 0.25) is 0 Å². The Hall–Kier alpha value is -2.66. The Morgan fingerprint density at radius 2 is 1.62 bits per heavy atom. The Kier molecular flexibility index (Phi) is 6.09. The van der Waals surface area contributed by atoms with Crippen molar-refractivity contribution in [3.05, 3.63) is 59.7 Å². The molecule has 2 rings (SSSR count). The van der Waals surface area contributed by atoms with Crippen LogP contribution >= 0.6 is 0 Å². The van der Waals surface area contributed by atoms with Gasteiger partial charge in [-0.05, 0) is 57.4 Å². The summed E-state index contributed by atoms with van der Waals surface area (Å²) in [4.78, 5) is 25.7. The Bertz CT molecular complexity index is 692. The number of Topliss-reactive ketones (excluding diaryl/α,β-unsaturated/α-hetero) is 1. The molecule has 0 atom stereocenters. The summed E-state index contributed by atoms with van der Waals surface area (Å²) in [7, 11) is 3.70. The number of amides is 1.